The Bertz CT molecular complexity index is 209. The highest BCUT2D eigenvalue weighted by Gasteiger charge is 2.28. The Morgan fingerprint density at radius 2 is 1.60 bits per heavy atom. The third-order valence-electron chi connectivity index (χ3n) is 1.86. The summed E-state index contributed by atoms with van der Waals surface area (Å²) in [6.07, 6.45) is 2.34. The van der Waals surface area contributed by atoms with Gasteiger partial charge in [0.25, 0.3) is 0 Å². The molecular weight excluding hydrogens is 219 g/mol. The Hall–Kier alpha value is -0.380. The van der Waals surface area contributed by atoms with Crippen LogP contribution in [0, 0.1) is 0 Å². The van der Waals surface area contributed by atoms with E-state index in [0.717, 1.165) is 0 Å². The van der Waals surface area contributed by atoms with Crippen LogP contribution in [0.15, 0.2) is 0 Å². The van der Waals surface area contributed by atoms with Gasteiger partial charge < -0.3 is 14.9 Å². The molecule has 0 spiro atoms. The van der Waals surface area contributed by atoms with Crippen LogP contribution in [0.3, 0.4) is 0 Å². The number of unbranched alkanes of at least 4 members (excludes halogenated alkanes) is 1. The number of hydrogen-bond donors (Lipinski definition) is 3. The lowest BCUT2D eigenvalue weighted by atomic mass is 10.2. The highest BCUT2D eigenvalue weighted by molar-refractivity contribution is 7.52. The molecule has 0 amide bonds. The summed E-state index contributed by atoms with van der Waals surface area (Å²) < 4.78 is 10.5. The fourth-order valence-electron chi connectivity index (χ4n) is 0.703. The first kappa shape index (κ1) is 17.0. The Labute approximate surface area is 90.7 Å². The van der Waals surface area contributed by atoms with Crippen molar-refractivity contribution in [3.63, 3.8) is 0 Å². The van der Waals surface area contributed by atoms with Crippen molar-refractivity contribution in [1.82, 2.24) is 0 Å². The standard InChI is InChI=1S/C5H11O5P.C4H10/c1-2-4(3-5(6)7)11(8,9)10;1-3-4-2/h4H,2-3H2,1H3,(H,6,7)(H2,8,9,10);3-4H2,1-2H3. The van der Waals surface area contributed by atoms with E-state index in [9.17, 15) is 9.36 Å². The molecule has 0 fully saturated rings. The summed E-state index contributed by atoms with van der Waals surface area (Å²) in [4.78, 5) is 27.2. The number of carbonyl (C=O) groups is 1. The van der Waals surface area contributed by atoms with Crippen LogP contribution in [0.25, 0.3) is 0 Å². The predicted molar refractivity (Wildman–Crippen MR) is 59.0 cm³/mol. The van der Waals surface area contributed by atoms with Gasteiger partial charge in [0.15, 0.2) is 0 Å². The minimum atomic E-state index is -4.21. The molecule has 0 aliphatic carbocycles. The average molecular weight is 240 g/mol. The lowest BCUT2D eigenvalue weighted by Gasteiger charge is -2.13. The van der Waals surface area contributed by atoms with Crippen molar-refractivity contribution in [3.05, 3.63) is 0 Å². The van der Waals surface area contributed by atoms with Crippen LogP contribution in [0.1, 0.15) is 46.5 Å². The molecule has 15 heavy (non-hydrogen) atoms. The molecule has 1 unspecified atom stereocenters. The van der Waals surface area contributed by atoms with Crippen LogP contribution in [-0.4, -0.2) is 26.5 Å². The van der Waals surface area contributed by atoms with Crippen LogP contribution in [0.2, 0.25) is 0 Å². The van der Waals surface area contributed by atoms with Crippen molar-refractivity contribution in [2.24, 2.45) is 0 Å². The lowest BCUT2D eigenvalue weighted by molar-refractivity contribution is -0.137. The molecule has 0 saturated heterocycles. The second-order valence-corrected chi connectivity index (χ2v) is 5.16. The van der Waals surface area contributed by atoms with Crippen LogP contribution in [0.4, 0.5) is 0 Å². The van der Waals surface area contributed by atoms with E-state index in [-0.39, 0.29) is 6.42 Å². The van der Waals surface area contributed by atoms with Crippen LogP contribution >= 0.6 is 7.60 Å². The van der Waals surface area contributed by atoms with Gasteiger partial charge in [-0.25, -0.2) is 0 Å². The summed E-state index contributed by atoms with van der Waals surface area (Å²) >= 11 is 0. The third-order valence-corrected chi connectivity index (χ3v) is 3.36. The summed E-state index contributed by atoms with van der Waals surface area (Å²) in [5, 5.41) is 8.24. The van der Waals surface area contributed by atoms with E-state index in [1.54, 1.807) is 6.92 Å². The largest absolute Gasteiger partial charge is 0.481 e. The third kappa shape index (κ3) is 11.5. The maximum Gasteiger partial charge on any atom is 0.329 e. The van der Waals surface area contributed by atoms with Gasteiger partial charge in [0, 0.05) is 0 Å². The zero-order chi connectivity index (χ0) is 12.5. The molecule has 0 aliphatic heterocycles. The van der Waals surface area contributed by atoms with E-state index in [1.165, 1.54) is 12.8 Å². The zero-order valence-corrected chi connectivity index (χ0v) is 10.4. The second kappa shape index (κ2) is 8.89. The normalized spacial score (nSPS) is 12.6. The smallest absolute Gasteiger partial charge is 0.329 e. The summed E-state index contributed by atoms with van der Waals surface area (Å²) in [6, 6.07) is 0. The van der Waals surface area contributed by atoms with Crippen LogP contribution in [-0.2, 0) is 9.36 Å². The van der Waals surface area contributed by atoms with Crippen LogP contribution in [0.5, 0.6) is 0 Å². The number of aliphatic carboxylic acids is 1. The maximum atomic E-state index is 10.5. The first-order valence-electron chi connectivity index (χ1n) is 5.06. The molecule has 6 heteroatoms. The Morgan fingerprint density at radius 1 is 1.20 bits per heavy atom. The molecule has 3 N–H and O–H groups in total. The van der Waals surface area contributed by atoms with Gasteiger partial charge in [0.05, 0.1) is 12.1 Å². The number of hydrogen-bond acceptors (Lipinski definition) is 2. The summed E-state index contributed by atoms with van der Waals surface area (Å²) in [5.41, 5.74) is -1.04. The highest BCUT2D eigenvalue weighted by Crippen LogP contribution is 2.44. The molecule has 1 atom stereocenters. The van der Waals surface area contributed by atoms with Crippen LogP contribution < -0.4 is 0 Å². The molecule has 0 bridgehead atoms. The lowest BCUT2D eigenvalue weighted by Crippen LogP contribution is -2.12. The number of carboxylic acid groups (broad SMARTS) is 1. The number of carboxylic acids is 1. The molecule has 0 aromatic heterocycles. The molecule has 0 aromatic carbocycles. The average Bonchev–Trinajstić information content (AvgIpc) is 2.12. The maximum absolute atomic E-state index is 10.5. The fourth-order valence-corrected chi connectivity index (χ4v) is 1.57. The van der Waals surface area contributed by atoms with Crippen molar-refractivity contribution in [1.29, 1.82) is 0 Å². The topological polar surface area (TPSA) is 94.8 Å². The van der Waals surface area contributed by atoms with Crippen molar-refractivity contribution in [2.75, 3.05) is 0 Å². The van der Waals surface area contributed by atoms with Crippen molar-refractivity contribution >= 4 is 13.6 Å². The van der Waals surface area contributed by atoms with Gasteiger partial charge in [-0.1, -0.05) is 33.6 Å². The molecular formula is C9H21O5P. The van der Waals surface area contributed by atoms with E-state index in [4.69, 9.17) is 14.9 Å². The Morgan fingerprint density at radius 3 is 1.67 bits per heavy atom. The monoisotopic (exact) mass is 240 g/mol. The second-order valence-electron chi connectivity index (χ2n) is 3.25. The minimum Gasteiger partial charge on any atom is -0.481 e. The quantitative estimate of drug-likeness (QED) is 0.640. The van der Waals surface area contributed by atoms with E-state index in [0.29, 0.717) is 0 Å². The molecule has 0 radical (unpaired) electrons. The van der Waals surface area contributed by atoms with Crippen molar-refractivity contribution in [3.8, 4) is 0 Å². The zero-order valence-electron chi connectivity index (χ0n) is 9.51. The summed E-state index contributed by atoms with van der Waals surface area (Å²) in [7, 11) is -4.21. The first-order chi connectivity index (χ1) is 6.79. The van der Waals surface area contributed by atoms with Gasteiger partial charge in [-0.2, -0.15) is 0 Å². The van der Waals surface area contributed by atoms with Gasteiger partial charge in [0.2, 0.25) is 0 Å². The SMILES string of the molecule is CCC(CC(=O)O)P(=O)(O)O.CCCC. The van der Waals surface area contributed by atoms with E-state index in [2.05, 4.69) is 13.8 Å². The fraction of sp³-hybridized carbons (Fsp3) is 0.889. The first-order valence-corrected chi connectivity index (χ1v) is 6.74. The molecule has 0 aromatic rings. The summed E-state index contributed by atoms with van der Waals surface area (Å²) in [6.45, 7) is 5.91. The molecule has 0 rings (SSSR count). The van der Waals surface area contributed by atoms with E-state index < -0.39 is 25.6 Å². The summed E-state index contributed by atoms with van der Waals surface area (Å²) in [5.74, 6) is -1.18. The number of rotatable bonds is 5. The Kier molecular flexibility index (Phi) is 10.1. The van der Waals surface area contributed by atoms with E-state index >= 15 is 0 Å². The van der Waals surface area contributed by atoms with Gasteiger partial charge in [-0.3, -0.25) is 9.36 Å². The molecule has 0 aliphatic rings. The Balaban J connectivity index is 0. The van der Waals surface area contributed by atoms with Crippen molar-refractivity contribution < 1.29 is 24.3 Å². The van der Waals surface area contributed by atoms with E-state index in [1.807, 2.05) is 0 Å². The van der Waals surface area contributed by atoms with Gasteiger partial charge in [-0.15, -0.1) is 0 Å². The van der Waals surface area contributed by atoms with Crippen molar-refractivity contribution in [2.45, 2.75) is 52.1 Å². The van der Waals surface area contributed by atoms with Gasteiger partial charge >= 0.3 is 13.6 Å². The molecule has 92 valence electrons. The highest BCUT2D eigenvalue weighted by atomic mass is 31.2. The molecule has 0 heterocycles. The molecule has 5 nitrogen and oxygen atoms in total. The van der Waals surface area contributed by atoms with Gasteiger partial charge in [0.1, 0.15) is 0 Å². The molecule has 0 saturated carbocycles. The minimum absolute atomic E-state index is 0.177. The predicted octanol–water partition coefficient (Wildman–Crippen LogP) is 2.22. The van der Waals surface area contributed by atoms with Gasteiger partial charge in [-0.05, 0) is 6.42 Å².